The molecule has 2 rings (SSSR count). The molecule has 0 aliphatic heterocycles. The number of pyridine rings is 1. The normalized spacial score (nSPS) is 10.4. The lowest BCUT2D eigenvalue weighted by Crippen LogP contribution is -2.06. The minimum atomic E-state index is -1.11. The van der Waals surface area contributed by atoms with Gasteiger partial charge in [-0.1, -0.05) is 0 Å². The van der Waals surface area contributed by atoms with Crippen molar-refractivity contribution in [1.29, 1.82) is 0 Å². The van der Waals surface area contributed by atoms with E-state index < -0.39 is 11.8 Å². The Bertz CT molecular complexity index is 692. The number of nitrogens with one attached hydrogen (secondary N) is 1. The van der Waals surface area contributed by atoms with Crippen LogP contribution in [0.25, 0.3) is 0 Å². The van der Waals surface area contributed by atoms with Crippen molar-refractivity contribution in [2.45, 2.75) is 6.92 Å². The topological polar surface area (TPSA) is 62.2 Å². The van der Waals surface area contributed by atoms with Crippen molar-refractivity contribution < 1.29 is 14.3 Å². The molecule has 0 saturated heterocycles. The van der Waals surface area contributed by atoms with E-state index in [4.69, 9.17) is 5.11 Å². The summed E-state index contributed by atoms with van der Waals surface area (Å²) in [5, 5.41) is 12.0. The SMILES string of the molecule is Cc1cc(Br)c(F)cc1Nc1ncc(Br)cc1C(=O)O. The van der Waals surface area contributed by atoms with Crippen molar-refractivity contribution in [3.8, 4) is 0 Å². The number of carbonyl (C=O) groups is 1. The van der Waals surface area contributed by atoms with Crippen LogP contribution in [0.4, 0.5) is 15.9 Å². The first-order valence-electron chi connectivity index (χ1n) is 5.50. The molecule has 2 aromatic rings. The molecule has 1 heterocycles. The Kier molecular flexibility index (Phi) is 4.39. The van der Waals surface area contributed by atoms with Crippen molar-refractivity contribution in [2.24, 2.45) is 0 Å². The first kappa shape index (κ1) is 14.9. The van der Waals surface area contributed by atoms with Gasteiger partial charge >= 0.3 is 5.97 Å². The van der Waals surface area contributed by atoms with Gasteiger partial charge in [0.25, 0.3) is 0 Å². The third-order valence-corrected chi connectivity index (χ3v) is 3.65. The largest absolute Gasteiger partial charge is 0.478 e. The number of hydrogen-bond acceptors (Lipinski definition) is 3. The van der Waals surface area contributed by atoms with Crippen LogP contribution in [0.5, 0.6) is 0 Å². The molecular weight excluding hydrogens is 395 g/mol. The zero-order valence-corrected chi connectivity index (χ0v) is 13.4. The van der Waals surface area contributed by atoms with Crippen molar-refractivity contribution >= 4 is 49.3 Å². The minimum Gasteiger partial charge on any atom is -0.478 e. The number of aromatic carboxylic acids is 1. The van der Waals surface area contributed by atoms with Crippen LogP contribution in [-0.4, -0.2) is 16.1 Å². The van der Waals surface area contributed by atoms with Gasteiger partial charge in [-0.25, -0.2) is 14.2 Å². The van der Waals surface area contributed by atoms with Crippen LogP contribution in [0.15, 0.2) is 33.3 Å². The molecular formula is C13H9Br2FN2O2. The van der Waals surface area contributed by atoms with Crippen molar-refractivity contribution in [2.75, 3.05) is 5.32 Å². The van der Waals surface area contributed by atoms with E-state index in [9.17, 15) is 9.18 Å². The van der Waals surface area contributed by atoms with Gasteiger partial charge in [-0.3, -0.25) is 0 Å². The molecule has 0 amide bonds. The zero-order chi connectivity index (χ0) is 14.9. The third-order valence-electron chi connectivity index (χ3n) is 2.61. The fourth-order valence-electron chi connectivity index (χ4n) is 1.61. The maximum absolute atomic E-state index is 13.6. The molecule has 7 heteroatoms. The lowest BCUT2D eigenvalue weighted by molar-refractivity contribution is 0.0697. The summed E-state index contributed by atoms with van der Waals surface area (Å²) >= 11 is 6.26. The number of hydrogen-bond donors (Lipinski definition) is 2. The summed E-state index contributed by atoms with van der Waals surface area (Å²) < 4.78 is 14.5. The van der Waals surface area contributed by atoms with Gasteiger partial charge in [0.1, 0.15) is 17.2 Å². The number of nitrogens with zero attached hydrogens (tertiary/aromatic N) is 1. The Hall–Kier alpha value is -1.47. The number of carboxylic acid groups (broad SMARTS) is 1. The highest BCUT2D eigenvalue weighted by Gasteiger charge is 2.14. The average Bonchev–Trinajstić information content (AvgIpc) is 2.37. The van der Waals surface area contributed by atoms with Crippen LogP contribution in [0.3, 0.4) is 0 Å². The number of aryl methyl sites for hydroxylation is 1. The smallest absolute Gasteiger partial charge is 0.339 e. The summed E-state index contributed by atoms with van der Waals surface area (Å²) in [6.07, 6.45) is 1.47. The molecule has 0 atom stereocenters. The van der Waals surface area contributed by atoms with E-state index in [1.54, 1.807) is 13.0 Å². The van der Waals surface area contributed by atoms with Crippen LogP contribution in [0, 0.1) is 12.7 Å². The first-order chi connectivity index (χ1) is 9.38. The van der Waals surface area contributed by atoms with Gasteiger partial charge in [0.05, 0.1) is 4.47 Å². The standard InChI is InChI=1S/C13H9Br2FN2O2/c1-6-2-9(15)10(16)4-11(6)18-12-8(13(19)20)3-7(14)5-17-12/h2-5H,1H3,(H,17,18)(H,19,20). The maximum atomic E-state index is 13.6. The predicted octanol–water partition coefficient (Wildman–Crippen LogP) is 4.50. The zero-order valence-electron chi connectivity index (χ0n) is 10.2. The number of carboxylic acids is 1. The monoisotopic (exact) mass is 402 g/mol. The van der Waals surface area contributed by atoms with E-state index >= 15 is 0 Å². The Morgan fingerprint density at radius 2 is 2.05 bits per heavy atom. The molecule has 104 valence electrons. The number of anilines is 2. The molecule has 0 fully saturated rings. The number of aromatic nitrogens is 1. The van der Waals surface area contributed by atoms with Crippen molar-refractivity contribution in [3.63, 3.8) is 0 Å². The van der Waals surface area contributed by atoms with Crippen molar-refractivity contribution in [1.82, 2.24) is 4.98 Å². The Morgan fingerprint density at radius 3 is 2.70 bits per heavy atom. The van der Waals surface area contributed by atoms with Crippen molar-refractivity contribution in [3.05, 3.63) is 50.3 Å². The van der Waals surface area contributed by atoms with E-state index in [0.29, 0.717) is 14.6 Å². The van der Waals surface area contributed by atoms with Gasteiger partial charge in [-0.15, -0.1) is 0 Å². The van der Waals surface area contributed by atoms with E-state index in [2.05, 4.69) is 42.2 Å². The Morgan fingerprint density at radius 1 is 1.35 bits per heavy atom. The lowest BCUT2D eigenvalue weighted by atomic mass is 10.2. The van der Waals surface area contributed by atoms with E-state index in [0.717, 1.165) is 5.56 Å². The summed E-state index contributed by atoms with van der Waals surface area (Å²) in [6.45, 7) is 1.78. The molecule has 0 spiro atoms. The van der Waals surface area contributed by atoms with Gasteiger partial charge in [-0.05, 0) is 62.5 Å². The second kappa shape index (κ2) is 5.88. The van der Waals surface area contributed by atoms with Crippen LogP contribution in [0.1, 0.15) is 15.9 Å². The molecule has 0 saturated carbocycles. The summed E-state index contributed by atoms with van der Waals surface area (Å²) in [5.74, 6) is -1.39. The second-order valence-corrected chi connectivity index (χ2v) is 5.83. The van der Waals surface area contributed by atoms with E-state index in [-0.39, 0.29) is 11.4 Å². The summed E-state index contributed by atoms with van der Waals surface area (Å²) in [7, 11) is 0. The number of benzene rings is 1. The maximum Gasteiger partial charge on any atom is 0.339 e. The summed E-state index contributed by atoms with van der Waals surface area (Å²) in [4.78, 5) is 15.2. The molecule has 20 heavy (non-hydrogen) atoms. The molecule has 1 aromatic carbocycles. The molecule has 2 N–H and O–H groups in total. The van der Waals surface area contributed by atoms with Gasteiger partial charge in [0.15, 0.2) is 0 Å². The fourth-order valence-corrected chi connectivity index (χ4v) is 2.40. The predicted molar refractivity (Wildman–Crippen MR) is 81.0 cm³/mol. The highest BCUT2D eigenvalue weighted by Crippen LogP contribution is 2.28. The second-order valence-electron chi connectivity index (χ2n) is 4.06. The lowest BCUT2D eigenvalue weighted by Gasteiger charge is -2.12. The van der Waals surface area contributed by atoms with Gasteiger partial charge in [0, 0.05) is 16.4 Å². The highest BCUT2D eigenvalue weighted by atomic mass is 79.9. The summed E-state index contributed by atoms with van der Waals surface area (Å²) in [5.41, 5.74) is 1.23. The quantitative estimate of drug-likeness (QED) is 0.792. The van der Waals surface area contributed by atoms with Gasteiger partial charge in [0.2, 0.25) is 0 Å². The van der Waals surface area contributed by atoms with Crippen LogP contribution in [-0.2, 0) is 0 Å². The number of halogens is 3. The van der Waals surface area contributed by atoms with Crippen LogP contribution >= 0.6 is 31.9 Å². The van der Waals surface area contributed by atoms with Gasteiger partial charge in [-0.2, -0.15) is 0 Å². The number of rotatable bonds is 3. The average molecular weight is 404 g/mol. The van der Waals surface area contributed by atoms with Crippen LogP contribution in [0.2, 0.25) is 0 Å². The molecule has 0 bridgehead atoms. The molecule has 0 aliphatic rings. The first-order valence-corrected chi connectivity index (χ1v) is 7.08. The molecule has 0 aliphatic carbocycles. The minimum absolute atomic E-state index is 0.00195. The molecule has 4 nitrogen and oxygen atoms in total. The Balaban J connectivity index is 2.45. The van der Waals surface area contributed by atoms with E-state index in [1.807, 2.05) is 0 Å². The van der Waals surface area contributed by atoms with Gasteiger partial charge < -0.3 is 10.4 Å². The molecule has 1 aromatic heterocycles. The summed E-state index contributed by atoms with van der Waals surface area (Å²) in [6, 6.07) is 4.33. The molecule has 0 radical (unpaired) electrons. The third kappa shape index (κ3) is 3.16. The fraction of sp³-hybridized carbons (Fsp3) is 0.0769. The Labute approximate surface area is 131 Å². The van der Waals surface area contributed by atoms with E-state index in [1.165, 1.54) is 18.3 Å². The van der Waals surface area contributed by atoms with Crippen LogP contribution < -0.4 is 5.32 Å². The highest BCUT2D eigenvalue weighted by molar-refractivity contribution is 9.10. The molecule has 0 unspecified atom stereocenters.